The zero-order valence-corrected chi connectivity index (χ0v) is 15.5. The molecule has 0 aliphatic carbocycles. The first-order valence-corrected chi connectivity index (χ1v) is 8.94. The van der Waals surface area contributed by atoms with Crippen LogP contribution >= 0.6 is 23.2 Å². The molecule has 0 radical (unpaired) electrons. The number of nitrogens with one attached hydrogen (secondary N) is 1. The minimum Gasteiger partial charge on any atom is -0.489 e. The van der Waals surface area contributed by atoms with Crippen molar-refractivity contribution in [2.75, 3.05) is 26.2 Å². The van der Waals surface area contributed by atoms with Crippen molar-refractivity contribution in [2.24, 2.45) is 0 Å². The van der Waals surface area contributed by atoms with E-state index in [0.29, 0.717) is 41.8 Å². The molecule has 2 N–H and O–H groups in total. The third-order valence-corrected chi connectivity index (χ3v) is 5.17. The van der Waals surface area contributed by atoms with E-state index in [1.807, 2.05) is 6.07 Å². The topological polar surface area (TPSA) is 74.7 Å². The molecule has 6 nitrogen and oxygen atoms in total. The lowest BCUT2D eigenvalue weighted by molar-refractivity contribution is 0.0246. The largest absolute Gasteiger partial charge is 0.489 e. The van der Waals surface area contributed by atoms with Gasteiger partial charge in [-0.1, -0.05) is 29.3 Å². The Morgan fingerprint density at radius 3 is 2.88 bits per heavy atom. The second-order valence-corrected chi connectivity index (χ2v) is 7.05. The molecule has 2 aromatic rings. The average Bonchev–Trinajstić information content (AvgIpc) is 2.64. The molecule has 1 aromatic heterocycles. The Morgan fingerprint density at radius 1 is 1.35 bits per heavy atom. The number of benzene rings is 1. The molecule has 1 aliphatic heterocycles. The summed E-state index contributed by atoms with van der Waals surface area (Å²) in [6, 6.07) is 8.91. The van der Waals surface area contributed by atoms with E-state index in [9.17, 15) is 9.90 Å². The predicted molar refractivity (Wildman–Crippen MR) is 100 cm³/mol. The number of ether oxygens (including phenoxy) is 1. The predicted octanol–water partition coefficient (Wildman–Crippen LogP) is 3.33. The number of piperazine rings is 1. The lowest BCUT2D eigenvalue weighted by Crippen LogP contribution is -2.66. The van der Waals surface area contributed by atoms with Crippen LogP contribution in [0.5, 0.6) is 5.75 Å². The molecule has 1 atom stereocenters. The van der Waals surface area contributed by atoms with Gasteiger partial charge < -0.3 is 15.2 Å². The Kier molecular flexibility index (Phi) is 5.86. The number of hydrogen-bond acceptors (Lipinski definition) is 4. The van der Waals surface area contributed by atoms with Crippen LogP contribution in [0.15, 0.2) is 42.7 Å². The van der Waals surface area contributed by atoms with Crippen molar-refractivity contribution >= 4 is 29.3 Å². The molecule has 8 heteroatoms. The average molecular weight is 396 g/mol. The second kappa shape index (κ2) is 8.12. The molecule has 0 saturated carbocycles. The molecule has 138 valence electrons. The quantitative estimate of drug-likeness (QED) is 0.811. The Labute approximate surface area is 161 Å². The van der Waals surface area contributed by atoms with Gasteiger partial charge in [0.15, 0.2) is 0 Å². The molecule has 26 heavy (non-hydrogen) atoms. The van der Waals surface area contributed by atoms with E-state index in [-0.39, 0.29) is 6.61 Å². The van der Waals surface area contributed by atoms with Crippen LogP contribution in [0.25, 0.3) is 0 Å². The first kappa shape index (κ1) is 18.8. The third kappa shape index (κ3) is 4.20. The summed E-state index contributed by atoms with van der Waals surface area (Å²) in [6.07, 6.45) is 2.74. The Morgan fingerprint density at radius 2 is 2.19 bits per heavy atom. The van der Waals surface area contributed by atoms with Gasteiger partial charge >= 0.3 is 6.09 Å². The number of hydrogen-bond donors (Lipinski definition) is 2. The van der Waals surface area contributed by atoms with E-state index >= 15 is 0 Å². The standard InChI is InChI=1S/C18H19Cl2N3O3/c19-15-4-3-13(8-16(15)20)9-18(11-22-6-7-23(18)17(24)25)12-26-14-2-1-5-21-10-14/h1-5,8,10,22H,6-7,9,11-12H2,(H,24,25). The third-order valence-electron chi connectivity index (χ3n) is 4.43. The molecular formula is C18H19Cl2N3O3. The summed E-state index contributed by atoms with van der Waals surface area (Å²) in [5.41, 5.74) is 0.126. The second-order valence-electron chi connectivity index (χ2n) is 6.24. The van der Waals surface area contributed by atoms with Crippen molar-refractivity contribution in [3.63, 3.8) is 0 Å². The van der Waals surface area contributed by atoms with Crippen LogP contribution in [-0.2, 0) is 6.42 Å². The van der Waals surface area contributed by atoms with E-state index in [0.717, 1.165) is 5.56 Å². The maximum absolute atomic E-state index is 11.9. The van der Waals surface area contributed by atoms with Gasteiger partial charge in [0.05, 0.1) is 21.8 Å². The fourth-order valence-corrected chi connectivity index (χ4v) is 3.48. The molecule has 1 fully saturated rings. The van der Waals surface area contributed by atoms with Gasteiger partial charge in [-0.3, -0.25) is 9.88 Å². The van der Waals surface area contributed by atoms with E-state index in [1.165, 1.54) is 4.90 Å². The van der Waals surface area contributed by atoms with Gasteiger partial charge in [-0.2, -0.15) is 0 Å². The zero-order valence-electron chi connectivity index (χ0n) is 14.0. The number of carboxylic acid groups (broad SMARTS) is 1. The number of aromatic nitrogens is 1. The van der Waals surface area contributed by atoms with Crippen LogP contribution < -0.4 is 10.1 Å². The van der Waals surface area contributed by atoms with Gasteiger partial charge in [0.1, 0.15) is 12.4 Å². The lowest BCUT2D eigenvalue weighted by Gasteiger charge is -2.45. The highest BCUT2D eigenvalue weighted by atomic mass is 35.5. The molecular weight excluding hydrogens is 377 g/mol. The van der Waals surface area contributed by atoms with Crippen molar-refractivity contribution in [1.29, 1.82) is 0 Å². The first-order chi connectivity index (χ1) is 12.5. The Balaban J connectivity index is 1.89. The smallest absolute Gasteiger partial charge is 0.407 e. The van der Waals surface area contributed by atoms with Crippen LogP contribution in [0.2, 0.25) is 10.0 Å². The lowest BCUT2D eigenvalue weighted by atomic mass is 9.88. The molecule has 3 rings (SSSR count). The summed E-state index contributed by atoms with van der Waals surface area (Å²) in [7, 11) is 0. The maximum atomic E-state index is 11.9. The molecule has 1 amide bonds. The number of carbonyl (C=O) groups is 1. The van der Waals surface area contributed by atoms with E-state index in [2.05, 4.69) is 10.3 Å². The fourth-order valence-electron chi connectivity index (χ4n) is 3.16. The van der Waals surface area contributed by atoms with Gasteiger partial charge in [0.25, 0.3) is 0 Å². The number of nitrogens with zero attached hydrogens (tertiary/aromatic N) is 2. The van der Waals surface area contributed by atoms with Crippen LogP contribution in [0, 0.1) is 0 Å². The van der Waals surface area contributed by atoms with Gasteiger partial charge in [-0.05, 0) is 29.8 Å². The van der Waals surface area contributed by atoms with E-state index in [1.54, 1.807) is 36.7 Å². The summed E-state index contributed by atoms with van der Waals surface area (Å²) in [4.78, 5) is 17.4. The van der Waals surface area contributed by atoms with Crippen LogP contribution in [0.1, 0.15) is 5.56 Å². The van der Waals surface area contributed by atoms with E-state index in [4.69, 9.17) is 27.9 Å². The van der Waals surface area contributed by atoms with Crippen molar-refractivity contribution in [2.45, 2.75) is 12.0 Å². The summed E-state index contributed by atoms with van der Waals surface area (Å²) >= 11 is 12.1. The highest BCUT2D eigenvalue weighted by molar-refractivity contribution is 6.42. The Hall–Kier alpha value is -2.02. The molecule has 1 unspecified atom stereocenters. The van der Waals surface area contributed by atoms with Crippen LogP contribution in [0.4, 0.5) is 4.79 Å². The van der Waals surface area contributed by atoms with Crippen molar-refractivity contribution in [1.82, 2.24) is 15.2 Å². The highest BCUT2D eigenvalue weighted by Crippen LogP contribution is 2.29. The van der Waals surface area contributed by atoms with Crippen LogP contribution in [-0.4, -0.2) is 52.9 Å². The monoisotopic (exact) mass is 395 g/mol. The SMILES string of the molecule is O=C(O)N1CCNCC1(COc1cccnc1)Cc1ccc(Cl)c(Cl)c1. The highest BCUT2D eigenvalue weighted by Gasteiger charge is 2.43. The van der Waals surface area contributed by atoms with Gasteiger partial charge in [0.2, 0.25) is 0 Å². The van der Waals surface area contributed by atoms with Crippen molar-refractivity contribution < 1.29 is 14.6 Å². The number of pyridine rings is 1. The maximum Gasteiger partial charge on any atom is 0.407 e. The van der Waals surface area contributed by atoms with Crippen molar-refractivity contribution in [3.05, 3.63) is 58.3 Å². The Bertz CT molecular complexity index is 776. The molecule has 0 bridgehead atoms. The minimum atomic E-state index is -0.971. The fraction of sp³-hybridized carbons (Fsp3) is 0.333. The number of halogens is 2. The summed E-state index contributed by atoms with van der Waals surface area (Å²) in [6.45, 7) is 1.65. The normalized spacial score (nSPS) is 20.0. The minimum absolute atomic E-state index is 0.193. The molecule has 2 heterocycles. The summed E-state index contributed by atoms with van der Waals surface area (Å²) < 4.78 is 5.89. The van der Waals surface area contributed by atoms with E-state index < -0.39 is 11.6 Å². The first-order valence-electron chi connectivity index (χ1n) is 8.18. The summed E-state index contributed by atoms with van der Waals surface area (Å²) in [5.74, 6) is 0.594. The van der Waals surface area contributed by atoms with Gasteiger partial charge in [0, 0.05) is 32.3 Å². The summed E-state index contributed by atoms with van der Waals surface area (Å²) in [5, 5.41) is 13.9. The molecule has 0 spiro atoms. The van der Waals surface area contributed by atoms with Crippen molar-refractivity contribution in [3.8, 4) is 5.75 Å². The molecule has 1 aliphatic rings. The number of rotatable bonds is 5. The number of amides is 1. The van der Waals surface area contributed by atoms with Crippen LogP contribution in [0.3, 0.4) is 0 Å². The molecule has 1 saturated heterocycles. The van der Waals surface area contributed by atoms with Gasteiger partial charge in [-0.25, -0.2) is 4.79 Å². The van der Waals surface area contributed by atoms with Gasteiger partial charge in [-0.15, -0.1) is 0 Å². The zero-order chi connectivity index (χ0) is 18.6. The molecule has 1 aromatic carbocycles.